The van der Waals surface area contributed by atoms with Crippen LogP contribution in [-0.2, 0) is 16.6 Å². The molecule has 0 bridgehead atoms. The number of aromatic nitrogens is 2. The zero-order valence-electron chi connectivity index (χ0n) is 8.90. The lowest BCUT2D eigenvalue weighted by Crippen LogP contribution is -2.24. The molecule has 0 amide bonds. The third-order valence-electron chi connectivity index (χ3n) is 2.21. The van der Waals surface area contributed by atoms with E-state index in [0.717, 1.165) is 11.3 Å². The summed E-state index contributed by atoms with van der Waals surface area (Å²) in [5, 5.41) is 6.99. The smallest absolute Gasteiger partial charge is 0.262 e. The minimum absolute atomic E-state index is 0.00433. The van der Waals surface area contributed by atoms with Crippen LogP contribution in [0.1, 0.15) is 18.2 Å². The normalized spacial score (nSPS) is 20.5. The molecule has 5 nitrogen and oxygen atoms in total. The van der Waals surface area contributed by atoms with E-state index in [1.165, 1.54) is 0 Å². The molecule has 0 aliphatic carbocycles. The second-order valence-electron chi connectivity index (χ2n) is 3.60. The number of nitrogens with zero attached hydrogens (tertiary/aromatic N) is 2. The predicted molar refractivity (Wildman–Crippen MR) is 58.4 cm³/mol. The zero-order valence-corrected chi connectivity index (χ0v) is 9.72. The highest BCUT2D eigenvalue weighted by Crippen LogP contribution is 2.14. The lowest BCUT2D eigenvalue weighted by atomic mass is 10.2. The highest BCUT2D eigenvalue weighted by atomic mass is 32.1. The van der Waals surface area contributed by atoms with Gasteiger partial charge in [0.1, 0.15) is 11.2 Å². The summed E-state index contributed by atoms with van der Waals surface area (Å²) in [4.78, 5) is 5.16. The molecule has 1 aromatic rings. The van der Waals surface area contributed by atoms with Crippen LogP contribution in [0.15, 0.2) is 5.16 Å². The van der Waals surface area contributed by atoms with Gasteiger partial charge in [-0.25, -0.2) is 0 Å². The van der Waals surface area contributed by atoms with Crippen molar-refractivity contribution in [2.75, 3.05) is 6.61 Å². The van der Waals surface area contributed by atoms with Gasteiger partial charge in [0.05, 0.1) is 5.56 Å². The Kier molecular flexibility index (Phi) is 2.52. The van der Waals surface area contributed by atoms with Gasteiger partial charge in [-0.2, -0.15) is 0 Å². The van der Waals surface area contributed by atoms with E-state index >= 15 is 0 Å². The summed E-state index contributed by atoms with van der Waals surface area (Å²) in [6.45, 7) is 4.33. The Hall–Kier alpha value is -1.30. The minimum Gasteiger partial charge on any atom is -0.471 e. The van der Waals surface area contributed by atoms with Crippen molar-refractivity contribution in [1.29, 1.82) is 0 Å². The Labute approximate surface area is 92.7 Å². The van der Waals surface area contributed by atoms with Gasteiger partial charge in [-0.1, -0.05) is 12.2 Å². The van der Waals surface area contributed by atoms with Gasteiger partial charge in [-0.3, -0.25) is 4.68 Å². The standard InChI is InChI=1S/C9H13N3O2S/c1-5-4-13-8(11-14-5)7-6(2)10-12(3)9(7)15/h5,10H,4H2,1-3H3. The SMILES string of the molecule is Cc1[nH]n(C)c(=S)c1C1=NOC(C)CO1. The number of oxime groups is 1. The first-order valence-electron chi connectivity index (χ1n) is 4.72. The molecule has 82 valence electrons. The average Bonchev–Trinajstić information content (AvgIpc) is 2.44. The fraction of sp³-hybridized carbons (Fsp3) is 0.556. The monoisotopic (exact) mass is 227 g/mol. The Morgan fingerprint density at radius 1 is 1.60 bits per heavy atom. The van der Waals surface area contributed by atoms with Crippen LogP contribution in [0.5, 0.6) is 0 Å². The molecule has 1 unspecified atom stereocenters. The lowest BCUT2D eigenvalue weighted by Gasteiger charge is -2.18. The second-order valence-corrected chi connectivity index (χ2v) is 3.99. The van der Waals surface area contributed by atoms with Crippen LogP contribution in [0.4, 0.5) is 0 Å². The van der Waals surface area contributed by atoms with Gasteiger partial charge >= 0.3 is 0 Å². The Morgan fingerprint density at radius 2 is 2.33 bits per heavy atom. The van der Waals surface area contributed by atoms with E-state index < -0.39 is 0 Å². The molecule has 6 heteroatoms. The molecule has 1 aromatic heterocycles. The van der Waals surface area contributed by atoms with Crippen LogP contribution in [0.3, 0.4) is 0 Å². The number of ether oxygens (including phenoxy) is 1. The van der Waals surface area contributed by atoms with Crippen molar-refractivity contribution in [2.45, 2.75) is 20.0 Å². The molecular weight excluding hydrogens is 214 g/mol. The summed E-state index contributed by atoms with van der Waals surface area (Å²) in [7, 11) is 1.85. The Balaban J connectivity index is 2.42. The van der Waals surface area contributed by atoms with Gasteiger partial charge in [0.2, 0.25) is 0 Å². The van der Waals surface area contributed by atoms with E-state index in [1.807, 2.05) is 20.9 Å². The molecule has 1 aliphatic rings. The maximum Gasteiger partial charge on any atom is 0.262 e. The van der Waals surface area contributed by atoms with Crippen molar-refractivity contribution in [3.63, 3.8) is 0 Å². The first kappa shape index (κ1) is 10.2. The maximum atomic E-state index is 5.48. The van der Waals surface area contributed by atoms with Crippen molar-refractivity contribution in [1.82, 2.24) is 9.78 Å². The summed E-state index contributed by atoms with van der Waals surface area (Å²) in [6.07, 6.45) is -0.00433. The summed E-state index contributed by atoms with van der Waals surface area (Å²) in [6, 6.07) is 0. The molecule has 0 aromatic carbocycles. The fourth-order valence-corrected chi connectivity index (χ4v) is 1.73. The molecule has 1 aliphatic heterocycles. The van der Waals surface area contributed by atoms with Gasteiger partial charge in [-0.05, 0) is 19.0 Å². The molecule has 2 rings (SSSR count). The van der Waals surface area contributed by atoms with Crippen LogP contribution in [0.25, 0.3) is 0 Å². The van der Waals surface area contributed by atoms with E-state index in [1.54, 1.807) is 4.68 Å². The van der Waals surface area contributed by atoms with E-state index in [9.17, 15) is 0 Å². The summed E-state index contributed by atoms with van der Waals surface area (Å²) in [5.41, 5.74) is 1.74. The molecule has 0 fully saturated rings. The quantitative estimate of drug-likeness (QED) is 0.739. The maximum absolute atomic E-state index is 5.48. The third-order valence-corrected chi connectivity index (χ3v) is 2.69. The highest BCUT2D eigenvalue weighted by molar-refractivity contribution is 7.71. The summed E-state index contributed by atoms with van der Waals surface area (Å²) in [5.74, 6) is 0.465. The molecule has 1 atom stereocenters. The number of aryl methyl sites for hydroxylation is 2. The van der Waals surface area contributed by atoms with Gasteiger partial charge in [0, 0.05) is 12.7 Å². The minimum atomic E-state index is -0.00433. The van der Waals surface area contributed by atoms with Gasteiger partial charge < -0.3 is 14.7 Å². The van der Waals surface area contributed by atoms with E-state index in [4.69, 9.17) is 21.8 Å². The topological polar surface area (TPSA) is 51.5 Å². The molecule has 0 spiro atoms. The molecule has 0 saturated heterocycles. The molecular formula is C9H13N3O2S. The molecule has 2 heterocycles. The van der Waals surface area contributed by atoms with Crippen molar-refractivity contribution < 1.29 is 9.57 Å². The van der Waals surface area contributed by atoms with E-state index in [2.05, 4.69) is 10.3 Å². The van der Waals surface area contributed by atoms with E-state index in [0.29, 0.717) is 17.1 Å². The number of rotatable bonds is 1. The Morgan fingerprint density at radius 3 is 2.80 bits per heavy atom. The fourth-order valence-electron chi connectivity index (χ4n) is 1.45. The third kappa shape index (κ3) is 1.77. The van der Waals surface area contributed by atoms with Gasteiger partial charge in [-0.15, -0.1) is 0 Å². The van der Waals surface area contributed by atoms with Crippen molar-refractivity contribution in [2.24, 2.45) is 12.2 Å². The summed E-state index contributed by atoms with van der Waals surface area (Å²) >= 11 is 5.24. The van der Waals surface area contributed by atoms with Crippen LogP contribution < -0.4 is 0 Å². The second kappa shape index (κ2) is 3.69. The van der Waals surface area contributed by atoms with Gasteiger partial charge in [0.15, 0.2) is 6.10 Å². The van der Waals surface area contributed by atoms with Crippen molar-refractivity contribution >= 4 is 18.1 Å². The number of hydrogen-bond donors (Lipinski definition) is 1. The van der Waals surface area contributed by atoms with Crippen LogP contribution >= 0.6 is 12.2 Å². The van der Waals surface area contributed by atoms with Crippen LogP contribution in [0, 0.1) is 11.6 Å². The molecule has 0 radical (unpaired) electrons. The zero-order chi connectivity index (χ0) is 11.0. The van der Waals surface area contributed by atoms with Crippen LogP contribution in [0.2, 0.25) is 0 Å². The first-order chi connectivity index (χ1) is 7.09. The number of nitrogens with one attached hydrogen (secondary N) is 1. The first-order valence-corrected chi connectivity index (χ1v) is 5.13. The number of hydrogen-bond acceptors (Lipinski definition) is 4. The Bertz CT molecular complexity index is 460. The molecule has 0 saturated carbocycles. The van der Waals surface area contributed by atoms with Crippen LogP contribution in [-0.4, -0.2) is 28.4 Å². The lowest BCUT2D eigenvalue weighted by molar-refractivity contribution is 0.00148. The average molecular weight is 227 g/mol. The number of H-pyrrole nitrogens is 1. The van der Waals surface area contributed by atoms with Gasteiger partial charge in [0.25, 0.3) is 5.90 Å². The molecule has 15 heavy (non-hydrogen) atoms. The highest BCUT2D eigenvalue weighted by Gasteiger charge is 2.20. The van der Waals surface area contributed by atoms with Crippen molar-refractivity contribution in [3.8, 4) is 0 Å². The predicted octanol–water partition coefficient (Wildman–Crippen LogP) is 1.49. The summed E-state index contributed by atoms with van der Waals surface area (Å²) < 4.78 is 7.90. The molecule has 1 N–H and O–H groups in total. The largest absolute Gasteiger partial charge is 0.471 e. The van der Waals surface area contributed by atoms with Crippen molar-refractivity contribution in [3.05, 3.63) is 15.9 Å². The number of aromatic amines is 1. The van der Waals surface area contributed by atoms with E-state index in [-0.39, 0.29) is 6.10 Å².